The SMILES string of the molecule is Cc1c(NCc2cscc2Br)cccc1[N+](=O)[O-]. The van der Waals surface area contributed by atoms with Gasteiger partial charge >= 0.3 is 0 Å². The molecule has 0 saturated carbocycles. The first kappa shape index (κ1) is 13.0. The molecule has 0 aliphatic carbocycles. The number of thiophene rings is 1. The first-order valence-electron chi connectivity index (χ1n) is 5.28. The Hall–Kier alpha value is -1.40. The van der Waals surface area contributed by atoms with Crippen molar-refractivity contribution in [3.8, 4) is 0 Å². The van der Waals surface area contributed by atoms with Gasteiger partial charge in [-0.25, -0.2) is 0 Å². The zero-order valence-electron chi connectivity index (χ0n) is 9.64. The summed E-state index contributed by atoms with van der Waals surface area (Å²) in [5.74, 6) is 0. The lowest BCUT2D eigenvalue weighted by Gasteiger charge is -2.09. The molecule has 2 rings (SSSR count). The molecular weight excluding hydrogens is 316 g/mol. The third-order valence-corrected chi connectivity index (χ3v) is 4.49. The van der Waals surface area contributed by atoms with Crippen molar-refractivity contribution in [2.24, 2.45) is 0 Å². The van der Waals surface area contributed by atoms with Gasteiger partial charge in [0.25, 0.3) is 5.69 Å². The van der Waals surface area contributed by atoms with E-state index in [0.29, 0.717) is 12.1 Å². The maximum absolute atomic E-state index is 10.8. The second-order valence-electron chi connectivity index (χ2n) is 3.81. The number of nitrogens with zero attached hydrogens (tertiary/aromatic N) is 1. The van der Waals surface area contributed by atoms with Crippen molar-refractivity contribution in [1.29, 1.82) is 0 Å². The van der Waals surface area contributed by atoms with Gasteiger partial charge < -0.3 is 5.32 Å². The zero-order valence-corrected chi connectivity index (χ0v) is 12.0. The Balaban J connectivity index is 2.17. The molecule has 0 atom stereocenters. The predicted octanol–water partition coefficient (Wildman–Crippen LogP) is 4.34. The Bertz CT molecular complexity index is 583. The van der Waals surface area contributed by atoms with Gasteiger partial charge in [0, 0.05) is 33.7 Å². The summed E-state index contributed by atoms with van der Waals surface area (Å²) < 4.78 is 1.06. The van der Waals surface area contributed by atoms with Gasteiger partial charge in [0.15, 0.2) is 0 Å². The Kier molecular flexibility index (Phi) is 3.98. The summed E-state index contributed by atoms with van der Waals surface area (Å²) >= 11 is 5.08. The summed E-state index contributed by atoms with van der Waals surface area (Å²) in [6.07, 6.45) is 0. The Morgan fingerprint density at radius 3 is 2.83 bits per heavy atom. The summed E-state index contributed by atoms with van der Waals surface area (Å²) in [6, 6.07) is 5.06. The average molecular weight is 327 g/mol. The van der Waals surface area contributed by atoms with Crippen molar-refractivity contribution < 1.29 is 4.92 Å². The van der Waals surface area contributed by atoms with Crippen LogP contribution in [0.1, 0.15) is 11.1 Å². The molecule has 1 heterocycles. The van der Waals surface area contributed by atoms with Crippen molar-refractivity contribution in [3.63, 3.8) is 0 Å². The van der Waals surface area contributed by atoms with Gasteiger partial charge in [-0.05, 0) is 39.9 Å². The highest BCUT2D eigenvalue weighted by molar-refractivity contribution is 9.10. The van der Waals surface area contributed by atoms with Crippen LogP contribution in [0.15, 0.2) is 33.4 Å². The largest absolute Gasteiger partial charge is 0.380 e. The predicted molar refractivity (Wildman–Crippen MR) is 77.2 cm³/mol. The van der Waals surface area contributed by atoms with Crippen LogP contribution >= 0.6 is 27.3 Å². The molecule has 0 saturated heterocycles. The maximum atomic E-state index is 10.8. The highest BCUT2D eigenvalue weighted by Gasteiger charge is 2.13. The summed E-state index contributed by atoms with van der Waals surface area (Å²) in [5.41, 5.74) is 2.74. The average Bonchev–Trinajstić information content (AvgIpc) is 2.73. The fourth-order valence-corrected chi connectivity index (χ4v) is 3.08. The lowest BCUT2D eigenvalue weighted by atomic mass is 10.1. The van der Waals surface area contributed by atoms with Crippen molar-refractivity contribution in [2.75, 3.05) is 5.32 Å². The van der Waals surface area contributed by atoms with E-state index in [9.17, 15) is 10.1 Å². The van der Waals surface area contributed by atoms with E-state index in [1.807, 2.05) is 16.8 Å². The van der Waals surface area contributed by atoms with Crippen LogP contribution in [-0.4, -0.2) is 4.92 Å². The standard InChI is InChI=1S/C12H11BrN2O2S/c1-8-11(3-2-4-12(8)15(16)17)14-5-9-6-18-7-10(9)13/h2-4,6-7,14H,5H2,1H3. The lowest BCUT2D eigenvalue weighted by molar-refractivity contribution is -0.385. The van der Waals surface area contributed by atoms with Gasteiger partial charge in [0.2, 0.25) is 0 Å². The fraction of sp³-hybridized carbons (Fsp3) is 0.167. The molecule has 0 aliphatic heterocycles. The second-order valence-corrected chi connectivity index (χ2v) is 5.40. The molecule has 0 aliphatic rings. The van der Waals surface area contributed by atoms with E-state index in [4.69, 9.17) is 0 Å². The number of rotatable bonds is 4. The quantitative estimate of drug-likeness (QED) is 0.671. The number of anilines is 1. The molecule has 4 nitrogen and oxygen atoms in total. The van der Waals surface area contributed by atoms with E-state index in [1.54, 1.807) is 24.3 Å². The number of benzene rings is 1. The molecule has 18 heavy (non-hydrogen) atoms. The van der Waals surface area contributed by atoms with Crippen molar-refractivity contribution in [1.82, 2.24) is 0 Å². The van der Waals surface area contributed by atoms with Crippen molar-refractivity contribution >= 4 is 38.6 Å². The summed E-state index contributed by atoms with van der Waals surface area (Å²) in [7, 11) is 0. The summed E-state index contributed by atoms with van der Waals surface area (Å²) in [6.45, 7) is 2.40. The van der Waals surface area contributed by atoms with Gasteiger partial charge in [0.1, 0.15) is 0 Å². The topological polar surface area (TPSA) is 55.2 Å². The van der Waals surface area contributed by atoms with Gasteiger partial charge in [-0.1, -0.05) is 6.07 Å². The molecule has 0 amide bonds. The van der Waals surface area contributed by atoms with Crippen LogP contribution in [0.3, 0.4) is 0 Å². The van der Waals surface area contributed by atoms with Crippen LogP contribution in [0.2, 0.25) is 0 Å². The van der Waals surface area contributed by atoms with Crippen LogP contribution in [-0.2, 0) is 6.54 Å². The maximum Gasteiger partial charge on any atom is 0.274 e. The second kappa shape index (κ2) is 5.49. The van der Waals surface area contributed by atoms with Gasteiger partial charge in [0.05, 0.1) is 4.92 Å². The smallest absolute Gasteiger partial charge is 0.274 e. The minimum Gasteiger partial charge on any atom is -0.380 e. The van der Waals surface area contributed by atoms with E-state index in [2.05, 4.69) is 21.2 Å². The van der Waals surface area contributed by atoms with Gasteiger partial charge in [-0.15, -0.1) is 0 Å². The third-order valence-electron chi connectivity index (χ3n) is 2.66. The first-order chi connectivity index (χ1) is 8.59. The minimum atomic E-state index is -0.360. The number of hydrogen-bond acceptors (Lipinski definition) is 4. The van der Waals surface area contributed by atoms with E-state index < -0.39 is 0 Å². The van der Waals surface area contributed by atoms with Gasteiger partial charge in [-0.2, -0.15) is 11.3 Å². The molecule has 1 aromatic heterocycles. The minimum absolute atomic E-state index is 0.143. The molecule has 1 aromatic carbocycles. The van der Waals surface area contributed by atoms with Crippen LogP contribution in [0.25, 0.3) is 0 Å². The molecule has 0 spiro atoms. The number of nitrogens with one attached hydrogen (secondary N) is 1. The number of nitro benzene ring substituents is 1. The molecule has 0 unspecified atom stereocenters. The third kappa shape index (κ3) is 2.70. The van der Waals surface area contributed by atoms with E-state index in [1.165, 1.54) is 6.07 Å². The lowest BCUT2D eigenvalue weighted by Crippen LogP contribution is -2.02. The molecule has 2 aromatic rings. The molecular formula is C12H11BrN2O2S. The zero-order chi connectivity index (χ0) is 13.1. The molecule has 0 bridgehead atoms. The highest BCUT2D eigenvalue weighted by atomic mass is 79.9. The van der Waals surface area contributed by atoms with E-state index >= 15 is 0 Å². The van der Waals surface area contributed by atoms with Crippen LogP contribution in [0, 0.1) is 17.0 Å². The van der Waals surface area contributed by atoms with Crippen molar-refractivity contribution in [2.45, 2.75) is 13.5 Å². The van der Waals surface area contributed by atoms with Crippen LogP contribution < -0.4 is 5.32 Å². The molecule has 1 N–H and O–H groups in total. The van der Waals surface area contributed by atoms with Crippen LogP contribution in [0.5, 0.6) is 0 Å². The first-order valence-corrected chi connectivity index (χ1v) is 7.01. The van der Waals surface area contributed by atoms with Gasteiger partial charge in [-0.3, -0.25) is 10.1 Å². The summed E-state index contributed by atoms with van der Waals surface area (Å²) in [4.78, 5) is 10.5. The number of hydrogen-bond donors (Lipinski definition) is 1. The monoisotopic (exact) mass is 326 g/mol. The van der Waals surface area contributed by atoms with E-state index in [0.717, 1.165) is 15.7 Å². The van der Waals surface area contributed by atoms with Crippen molar-refractivity contribution in [3.05, 3.63) is 54.7 Å². The Morgan fingerprint density at radius 2 is 2.22 bits per heavy atom. The fourth-order valence-electron chi connectivity index (χ4n) is 1.64. The Morgan fingerprint density at radius 1 is 1.44 bits per heavy atom. The molecule has 6 heteroatoms. The number of halogens is 1. The molecule has 0 fully saturated rings. The summed E-state index contributed by atoms with van der Waals surface area (Å²) in [5, 5.41) is 18.1. The van der Waals surface area contributed by atoms with E-state index in [-0.39, 0.29) is 10.6 Å². The number of nitro groups is 1. The molecule has 94 valence electrons. The normalized spacial score (nSPS) is 10.3. The van der Waals surface area contributed by atoms with Crippen LogP contribution in [0.4, 0.5) is 11.4 Å². The Labute approximate surface area is 117 Å². The molecule has 0 radical (unpaired) electrons. The highest BCUT2D eigenvalue weighted by Crippen LogP contribution is 2.27.